The zero-order chi connectivity index (χ0) is 22.3. The molecule has 0 saturated carbocycles. The zero-order valence-corrected chi connectivity index (χ0v) is 17.9. The van der Waals surface area contributed by atoms with Crippen molar-refractivity contribution in [3.05, 3.63) is 51.9 Å². The predicted octanol–water partition coefficient (Wildman–Crippen LogP) is 4.72. The number of hydrogen-bond acceptors (Lipinski definition) is 7. The third-order valence-electron chi connectivity index (χ3n) is 4.06. The molecule has 160 valence electrons. The summed E-state index contributed by atoms with van der Waals surface area (Å²) in [5.41, 5.74) is 1.65. The maximum atomic E-state index is 12.5. The summed E-state index contributed by atoms with van der Waals surface area (Å²) < 4.78 is 21.4. The summed E-state index contributed by atoms with van der Waals surface area (Å²) in [5, 5.41) is 0.168. The molecule has 2 aromatic rings. The summed E-state index contributed by atoms with van der Waals surface area (Å²) in [6, 6.07) is 4.57. The highest BCUT2D eigenvalue weighted by molar-refractivity contribution is 5.94. The van der Waals surface area contributed by atoms with E-state index in [1.807, 2.05) is 26.8 Å². The number of ether oxygens (including phenoxy) is 3. The summed E-state index contributed by atoms with van der Waals surface area (Å²) in [7, 11) is 0. The number of carbonyl (C=O) groups excluding carboxylic acids is 2. The summed E-state index contributed by atoms with van der Waals surface area (Å²) in [6.07, 6.45) is 5.75. The van der Waals surface area contributed by atoms with Crippen LogP contribution in [0.4, 0.5) is 0 Å². The molecule has 0 aliphatic rings. The minimum atomic E-state index is -0.797. The van der Waals surface area contributed by atoms with Crippen LogP contribution in [0.2, 0.25) is 0 Å². The molecule has 0 N–H and O–H groups in total. The molecule has 0 saturated heterocycles. The number of esters is 2. The molecule has 2 rings (SSSR count). The van der Waals surface area contributed by atoms with E-state index in [2.05, 4.69) is 6.08 Å². The van der Waals surface area contributed by atoms with Crippen LogP contribution in [0.25, 0.3) is 11.0 Å². The second-order valence-electron chi connectivity index (χ2n) is 7.05. The van der Waals surface area contributed by atoms with Gasteiger partial charge in [-0.1, -0.05) is 23.3 Å². The fourth-order valence-corrected chi connectivity index (χ4v) is 2.74. The van der Waals surface area contributed by atoms with E-state index in [4.69, 9.17) is 18.6 Å². The number of allylic oxidation sites excluding steroid dienone is 3. The quantitative estimate of drug-likeness (QED) is 0.267. The number of hydrogen-bond donors (Lipinski definition) is 0. The Morgan fingerprint density at radius 1 is 0.967 bits per heavy atom. The van der Waals surface area contributed by atoms with Gasteiger partial charge in [0.25, 0.3) is 0 Å². The lowest BCUT2D eigenvalue weighted by Gasteiger charge is -2.13. The average molecular weight is 414 g/mol. The van der Waals surface area contributed by atoms with Crippen LogP contribution in [0.5, 0.6) is 17.2 Å². The molecule has 0 aliphatic heterocycles. The lowest BCUT2D eigenvalue weighted by molar-refractivity contribution is -0.132. The topological polar surface area (TPSA) is 92.0 Å². The van der Waals surface area contributed by atoms with Crippen LogP contribution in [0, 0.1) is 0 Å². The normalized spacial score (nSPS) is 11.2. The van der Waals surface area contributed by atoms with E-state index >= 15 is 0 Å². The first-order valence-corrected chi connectivity index (χ1v) is 9.57. The molecule has 0 radical (unpaired) electrons. The number of fused-ring (bicyclic) bond motifs is 1. The van der Waals surface area contributed by atoms with Crippen LogP contribution in [-0.2, 0) is 9.59 Å². The first-order chi connectivity index (χ1) is 14.2. The van der Waals surface area contributed by atoms with Crippen molar-refractivity contribution in [1.29, 1.82) is 0 Å². The maximum Gasteiger partial charge on any atom is 0.383 e. The van der Waals surface area contributed by atoms with Gasteiger partial charge < -0.3 is 18.6 Å². The van der Waals surface area contributed by atoms with Gasteiger partial charge in [-0.05, 0) is 51.8 Å². The van der Waals surface area contributed by atoms with Gasteiger partial charge in [-0.3, -0.25) is 9.59 Å². The van der Waals surface area contributed by atoms with Crippen molar-refractivity contribution in [2.24, 2.45) is 0 Å². The number of benzene rings is 1. The third-order valence-corrected chi connectivity index (χ3v) is 4.06. The Morgan fingerprint density at radius 3 is 2.30 bits per heavy atom. The molecule has 0 unspecified atom stereocenters. The van der Waals surface area contributed by atoms with Crippen molar-refractivity contribution in [1.82, 2.24) is 0 Å². The van der Waals surface area contributed by atoms with E-state index in [9.17, 15) is 14.4 Å². The van der Waals surface area contributed by atoms with Crippen LogP contribution >= 0.6 is 0 Å². The van der Waals surface area contributed by atoms with E-state index < -0.39 is 17.6 Å². The molecule has 0 bridgehead atoms. The summed E-state index contributed by atoms with van der Waals surface area (Å²) >= 11 is 0. The van der Waals surface area contributed by atoms with Crippen molar-refractivity contribution >= 4 is 22.9 Å². The number of rotatable bonds is 8. The van der Waals surface area contributed by atoms with Gasteiger partial charge in [0.05, 0.1) is 0 Å². The fraction of sp³-hybridized carbons (Fsp3) is 0.348. The molecule has 7 nitrogen and oxygen atoms in total. The number of carbonyl (C=O) groups is 2. The lowest BCUT2D eigenvalue weighted by Crippen LogP contribution is -2.13. The van der Waals surface area contributed by atoms with Gasteiger partial charge in [-0.2, -0.15) is 0 Å². The molecule has 0 fully saturated rings. The highest BCUT2D eigenvalue weighted by Crippen LogP contribution is 2.39. The molecule has 0 amide bonds. The van der Waals surface area contributed by atoms with Crippen LogP contribution < -0.4 is 19.8 Å². The molecule has 0 atom stereocenters. The Labute approximate surface area is 174 Å². The maximum absolute atomic E-state index is 12.5. The van der Waals surface area contributed by atoms with Crippen molar-refractivity contribution in [2.45, 2.75) is 47.5 Å². The Kier molecular flexibility index (Phi) is 7.98. The Morgan fingerprint density at radius 2 is 1.67 bits per heavy atom. The molecular weight excluding hydrogens is 388 g/mol. The van der Waals surface area contributed by atoms with Gasteiger partial charge in [0.15, 0.2) is 5.75 Å². The van der Waals surface area contributed by atoms with Crippen molar-refractivity contribution in [3.63, 3.8) is 0 Å². The summed E-state index contributed by atoms with van der Waals surface area (Å²) in [4.78, 5) is 35.6. The van der Waals surface area contributed by atoms with Gasteiger partial charge in [-0.25, -0.2) is 4.79 Å². The first-order valence-electron chi connectivity index (χ1n) is 9.57. The van der Waals surface area contributed by atoms with Gasteiger partial charge >= 0.3 is 17.6 Å². The SMILES string of the molecule is CC(=O)Oc1cccc2oc(=O)c(OCC=C(C)CCC=C(C)C)c(OC(C)=O)c12. The van der Waals surface area contributed by atoms with Crippen LogP contribution in [0.15, 0.2) is 50.7 Å². The second kappa shape index (κ2) is 10.4. The van der Waals surface area contributed by atoms with Gasteiger partial charge in [0.1, 0.15) is 23.3 Å². The predicted molar refractivity (Wildman–Crippen MR) is 113 cm³/mol. The summed E-state index contributed by atoms with van der Waals surface area (Å²) in [6.45, 7) is 8.58. The van der Waals surface area contributed by atoms with Crippen molar-refractivity contribution < 1.29 is 28.2 Å². The van der Waals surface area contributed by atoms with Crippen LogP contribution in [0.3, 0.4) is 0 Å². The molecule has 0 spiro atoms. The van der Waals surface area contributed by atoms with E-state index in [0.717, 1.165) is 18.4 Å². The molecule has 0 aliphatic carbocycles. The smallest absolute Gasteiger partial charge is 0.383 e. The van der Waals surface area contributed by atoms with Crippen molar-refractivity contribution in [2.75, 3.05) is 6.61 Å². The summed E-state index contributed by atoms with van der Waals surface area (Å²) in [5.74, 6) is -1.53. The highest BCUT2D eigenvalue weighted by Gasteiger charge is 2.23. The van der Waals surface area contributed by atoms with E-state index in [1.54, 1.807) is 6.07 Å². The van der Waals surface area contributed by atoms with Crippen LogP contribution in [0.1, 0.15) is 47.5 Å². The minimum absolute atomic E-state index is 0.0842. The molecule has 1 aromatic carbocycles. The highest BCUT2D eigenvalue weighted by atomic mass is 16.6. The molecule has 1 heterocycles. The second-order valence-corrected chi connectivity index (χ2v) is 7.05. The van der Waals surface area contributed by atoms with Gasteiger partial charge in [0, 0.05) is 13.8 Å². The minimum Gasteiger partial charge on any atom is -0.480 e. The lowest BCUT2D eigenvalue weighted by atomic mass is 10.1. The van der Waals surface area contributed by atoms with E-state index in [-0.39, 0.29) is 34.8 Å². The Hall–Kier alpha value is -3.35. The molecule has 7 heteroatoms. The fourth-order valence-electron chi connectivity index (χ4n) is 2.74. The molecule has 30 heavy (non-hydrogen) atoms. The largest absolute Gasteiger partial charge is 0.480 e. The first kappa shape index (κ1) is 22.9. The Bertz CT molecular complexity index is 1050. The molecular formula is C23H26O7. The van der Waals surface area contributed by atoms with Gasteiger partial charge in [0.2, 0.25) is 5.75 Å². The Balaban J connectivity index is 2.42. The standard InChI is InChI=1S/C23H26O7/c1-14(2)8-6-9-15(3)12-13-27-22-21(29-17(5)25)20-18(28-16(4)24)10-7-11-19(20)30-23(22)26/h7-8,10-12H,6,9,13H2,1-5H3. The van der Waals surface area contributed by atoms with E-state index in [0.29, 0.717) is 0 Å². The third kappa shape index (κ3) is 6.34. The average Bonchev–Trinajstić information content (AvgIpc) is 2.62. The van der Waals surface area contributed by atoms with Gasteiger partial charge in [-0.15, -0.1) is 0 Å². The monoisotopic (exact) mass is 414 g/mol. The van der Waals surface area contributed by atoms with Crippen molar-refractivity contribution in [3.8, 4) is 17.2 Å². The zero-order valence-electron chi connectivity index (χ0n) is 17.9. The van der Waals surface area contributed by atoms with Crippen LogP contribution in [-0.4, -0.2) is 18.5 Å². The molecule has 1 aromatic heterocycles. The van der Waals surface area contributed by atoms with E-state index in [1.165, 1.54) is 31.6 Å².